The maximum Gasteiger partial charge on any atom is 0.211 e. The molecule has 2 bridgehead atoms. The van der Waals surface area contributed by atoms with Crippen molar-refractivity contribution in [2.75, 3.05) is 25.9 Å². The van der Waals surface area contributed by atoms with Gasteiger partial charge in [0.25, 0.3) is 0 Å². The van der Waals surface area contributed by atoms with Crippen molar-refractivity contribution in [3.63, 3.8) is 0 Å². The Labute approximate surface area is 152 Å². The first-order chi connectivity index (χ1) is 12.4. The number of aromatic nitrogens is 2. The molecule has 0 aromatic carbocycles. The zero-order chi connectivity index (χ0) is 17.9. The molecule has 3 fully saturated rings. The number of pyridine rings is 1. The molecular weight excluding hydrogens is 356 g/mol. The lowest BCUT2D eigenvalue weighted by Crippen LogP contribution is -2.41. The smallest absolute Gasteiger partial charge is 0.211 e. The van der Waals surface area contributed by atoms with E-state index in [1.165, 1.54) is 6.26 Å². The molecule has 8 nitrogen and oxygen atoms in total. The number of oxazole rings is 1. The van der Waals surface area contributed by atoms with Gasteiger partial charge in [0.2, 0.25) is 15.9 Å². The highest BCUT2D eigenvalue weighted by atomic mass is 32.2. The van der Waals surface area contributed by atoms with E-state index >= 15 is 0 Å². The second-order valence-electron chi connectivity index (χ2n) is 7.75. The SMILES string of the molecule is CS(=O)(=O)NC[C@H]1[C@H]2CN(Cc3nc4ncccc4o3)C[C@]23CC[C@H]1O3. The number of sulfonamides is 1. The number of fused-ring (bicyclic) bond motifs is 2. The molecule has 0 saturated carbocycles. The van der Waals surface area contributed by atoms with Crippen molar-refractivity contribution in [2.24, 2.45) is 11.8 Å². The van der Waals surface area contributed by atoms with E-state index in [0.717, 1.165) is 25.9 Å². The van der Waals surface area contributed by atoms with Gasteiger partial charge in [0, 0.05) is 37.7 Å². The van der Waals surface area contributed by atoms with Crippen LogP contribution < -0.4 is 4.72 Å². The predicted molar refractivity (Wildman–Crippen MR) is 93.7 cm³/mol. The van der Waals surface area contributed by atoms with E-state index in [9.17, 15) is 8.42 Å². The highest BCUT2D eigenvalue weighted by Gasteiger charge is 2.62. The fourth-order valence-electron chi connectivity index (χ4n) is 5.00. The normalized spacial score (nSPS) is 34.0. The lowest BCUT2D eigenvalue weighted by Gasteiger charge is -2.29. The van der Waals surface area contributed by atoms with E-state index in [2.05, 4.69) is 19.6 Å². The van der Waals surface area contributed by atoms with Crippen molar-refractivity contribution in [3.05, 3.63) is 24.2 Å². The van der Waals surface area contributed by atoms with E-state index in [1.54, 1.807) is 6.20 Å². The van der Waals surface area contributed by atoms with E-state index in [0.29, 0.717) is 36.1 Å². The van der Waals surface area contributed by atoms with Crippen LogP contribution in [-0.4, -0.2) is 60.9 Å². The van der Waals surface area contributed by atoms with Crippen LogP contribution in [0, 0.1) is 11.8 Å². The number of hydrogen-bond donors (Lipinski definition) is 1. The molecule has 0 radical (unpaired) electrons. The minimum atomic E-state index is -3.19. The molecule has 3 aliphatic rings. The van der Waals surface area contributed by atoms with Gasteiger partial charge in [0.15, 0.2) is 11.2 Å². The highest BCUT2D eigenvalue weighted by molar-refractivity contribution is 7.88. The van der Waals surface area contributed by atoms with Gasteiger partial charge in [-0.05, 0) is 25.0 Å². The molecule has 140 valence electrons. The van der Waals surface area contributed by atoms with Crippen LogP contribution in [0.3, 0.4) is 0 Å². The van der Waals surface area contributed by atoms with Crippen molar-refractivity contribution in [3.8, 4) is 0 Å². The van der Waals surface area contributed by atoms with E-state index in [4.69, 9.17) is 9.15 Å². The van der Waals surface area contributed by atoms with Crippen molar-refractivity contribution in [1.29, 1.82) is 0 Å². The lowest BCUT2D eigenvalue weighted by molar-refractivity contribution is 0.00167. The second-order valence-corrected chi connectivity index (χ2v) is 9.59. The number of hydrogen-bond acceptors (Lipinski definition) is 7. The fourth-order valence-corrected chi connectivity index (χ4v) is 5.50. The maximum atomic E-state index is 11.5. The Balaban J connectivity index is 1.32. The van der Waals surface area contributed by atoms with Gasteiger partial charge in [-0.2, -0.15) is 4.98 Å². The van der Waals surface area contributed by atoms with Gasteiger partial charge in [0.1, 0.15) is 0 Å². The minimum absolute atomic E-state index is 0.140. The third-order valence-corrected chi connectivity index (χ3v) is 6.69. The average molecular weight is 378 g/mol. The number of nitrogens with zero attached hydrogens (tertiary/aromatic N) is 3. The summed E-state index contributed by atoms with van der Waals surface area (Å²) in [6.45, 7) is 2.79. The molecule has 3 saturated heterocycles. The molecule has 0 amide bonds. The summed E-state index contributed by atoms with van der Waals surface area (Å²) in [7, 11) is -3.19. The van der Waals surface area contributed by atoms with E-state index in [-0.39, 0.29) is 17.6 Å². The third kappa shape index (κ3) is 2.74. The van der Waals surface area contributed by atoms with Crippen molar-refractivity contribution < 1.29 is 17.6 Å². The number of ether oxygens (including phenoxy) is 1. The Bertz CT molecular complexity index is 912. The monoisotopic (exact) mass is 378 g/mol. The van der Waals surface area contributed by atoms with E-state index < -0.39 is 10.0 Å². The average Bonchev–Trinajstić information content (AvgIpc) is 3.29. The Morgan fingerprint density at radius 2 is 2.35 bits per heavy atom. The van der Waals surface area contributed by atoms with Crippen molar-refractivity contribution in [2.45, 2.75) is 31.1 Å². The zero-order valence-corrected chi connectivity index (χ0v) is 15.4. The van der Waals surface area contributed by atoms with Gasteiger partial charge in [-0.1, -0.05) is 0 Å². The number of rotatable bonds is 5. The van der Waals surface area contributed by atoms with Crippen LogP contribution in [0.25, 0.3) is 11.2 Å². The molecule has 0 unspecified atom stereocenters. The largest absolute Gasteiger partial charge is 0.438 e. The third-order valence-electron chi connectivity index (χ3n) is 6.00. The molecule has 9 heteroatoms. The number of nitrogens with one attached hydrogen (secondary N) is 1. The minimum Gasteiger partial charge on any atom is -0.438 e. The topological polar surface area (TPSA) is 97.6 Å². The summed E-state index contributed by atoms with van der Waals surface area (Å²) >= 11 is 0. The Morgan fingerprint density at radius 1 is 1.46 bits per heavy atom. The molecule has 2 aromatic heterocycles. The molecule has 1 N–H and O–H groups in total. The van der Waals surface area contributed by atoms with Crippen LogP contribution in [0.15, 0.2) is 22.7 Å². The molecule has 5 heterocycles. The zero-order valence-electron chi connectivity index (χ0n) is 14.6. The summed E-state index contributed by atoms with van der Waals surface area (Å²) in [6, 6.07) is 3.70. The molecule has 1 spiro atoms. The molecule has 26 heavy (non-hydrogen) atoms. The Hall–Kier alpha value is -1.55. The summed E-state index contributed by atoms with van der Waals surface area (Å²) in [4.78, 5) is 11.0. The maximum absolute atomic E-state index is 11.5. The summed E-state index contributed by atoms with van der Waals surface area (Å²) in [5.41, 5.74) is 1.19. The van der Waals surface area contributed by atoms with Crippen LogP contribution in [0.2, 0.25) is 0 Å². The molecule has 4 atom stereocenters. The first-order valence-electron chi connectivity index (χ1n) is 8.97. The van der Waals surface area contributed by atoms with E-state index in [1.807, 2.05) is 12.1 Å². The number of likely N-dealkylation sites (tertiary alicyclic amines) is 1. The fraction of sp³-hybridized carbons (Fsp3) is 0.647. The molecular formula is C17H22N4O4S. The van der Waals surface area contributed by atoms with Gasteiger partial charge < -0.3 is 9.15 Å². The first-order valence-corrected chi connectivity index (χ1v) is 10.9. The standard InChI is InChI=1S/C17H22N4O4S/c1-26(22,23)19-7-11-12-8-21(10-17(12)5-4-13(11)25-17)9-15-20-16-14(24-15)3-2-6-18-16/h2-3,6,11-13,19H,4-5,7-10H2,1H3/t11-,12+,13+,17+/m0/s1. The van der Waals surface area contributed by atoms with Crippen molar-refractivity contribution in [1.82, 2.24) is 19.6 Å². The molecule has 3 aliphatic heterocycles. The van der Waals surface area contributed by atoms with Crippen LogP contribution in [0.5, 0.6) is 0 Å². The summed E-state index contributed by atoms with van der Waals surface area (Å²) in [5, 5.41) is 0. The van der Waals surface area contributed by atoms with Gasteiger partial charge in [-0.25, -0.2) is 18.1 Å². The van der Waals surface area contributed by atoms with Crippen LogP contribution in [-0.2, 0) is 21.3 Å². The lowest BCUT2D eigenvalue weighted by atomic mass is 9.74. The second kappa shape index (κ2) is 5.72. The predicted octanol–water partition coefficient (Wildman–Crippen LogP) is 0.751. The molecule has 5 rings (SSSR count). The summed E-state index contributed by atoms with van der Waals surface area (Å²) in [5.74, 6) is 1.24. The van der Waals surface area contributed by atoms with Crippen LogP contribution in [0.4, 0.5) is 0 Å². The summed E-state index contributed by atoms with van der Waals surface area (Å²) < 4.78 is 37.8. The molecule has 2 aromatic rings. The van der Waals surface area contributed by atoms with Gasteiger partial charge in [0.05, 0.1) is 24.5 Å². The van der Waals surface area contributed by atoms with Gasteiger partial charge >= 0.3 is 0 Å². The first kappa shape index (κ1) is 16.6. The molecule has 0 aliphatic carbocycles. The Kier molecular flexibility index (Phi) is 3.66. The van der Waals surface area contributed by atoms with Crippen LogP contribution in [0.1, 0.15) is 18.7 Å². The summed E-state index contributed by atoms with van der Waals surface area (Å²) in [6.07, 6.45) is 5.14. The van der Waals surface area contributed by atoms with Gasteiger partial charge in [-0.3, -0.25) is 4.90 Å². The van der Waals surface area contributed by atoms with Gasteiger partial charge in [-0.15, -0.1) is 0 Å². The quantitative estimate of drug-likeness (QED) is 0.820. The van der Waals surface area contributed by atoms with Crippen molar-refractivity contribution >= 4 is 21.3 Å². The Morgan fingerprint density at radius 3 is 3.15 bits per heavy atom. The van der Waals surface area contributed by atoms with Crippen LogP contribution >= 0.6 is 0 Å². The highest BCUT2D eigenvalue weighted by Crippen LogP contribution is 2.54.